The fraction of sp³-hybridized carbons (Fsp3) is 0.500. The molecule has 5 nitrogen and oxygen atoms in total. The van der Waals surface area contributed by atoms with Crippen LogP contribution in [0.4, 0.5) is 5.82 Å². The normalized spacial score (nSPS) is 15.8. The lowest BCUT2D eigenvalue weighted by atomic mass is 10.1. The quantitative estimate of drug-likeness (QED) is 0.698. The Labute approximate surface area is 163 Å². The predicted molar refractivity (Wildman–Crippen MR) is 111 cm³/mol. The fourth-order valence-electron chi connectivity index (χ4n) is 3.53. The molecule has 0 bridgehead atoms. The fourth-order valence-corrected chi connectivity index (χ4v) is 3.53. The van der Waals surface area contributed by atoms with Crippen LogP contribution in [0.3, 0.4) is 0 Å². The summed E-state index contributed by atoms with van der Waals surface area (Å²) in [4.78, 5) is 9.28. The molecule has 1 fully saturated rings. The highest BCUT2D eigenvalue weighted by Gasteiger charge is 2.18. The van der Waals surface area contributed by atoms with E-state index in [9.17, 15) is 0 Å². The number of ether oxygens (including phenoxy) is 1. The minimum absolute atomic E-state index is 0.341. The summed E-state index contributed by atoms with van der Waals surface area (Å²) >= 11 is 0. The Kier molecular flexibility index (Phi) is 7.63. The monoisotopic (exact) mass is 368 g/mol. The zero-order chi connectivity index (χ0) is 18.9. The molecule has 1 saturated heterocycles. The molecule has 1 aromatic carbocycles. The number of anilines is 1. The molecule has 0 radical (unpaired) electrons. The van der Waals surface area contributed by atoms with Crippen LogP contribution in [-0.4, -0.2) is 56.8 Å². The summed E-state index contributed by atoms with van der Waals surface area (Å²) in [7, 11) is 3.77. The number of likely N-dealkylation sites (tertiary alicyclic amines) is 1. The van der Waals surface area contributed by atoms with Crippen LogP contribution in [0.5, 0.6) is 0 Å². The largest absolute Gasteiger partial charge is 0.383 e. The number of benzene rings is 1. The van der Waals surface area contributed by atoms with Gasteiger partial charge in [-0.25, -0.2) is 4.98 Å². The molecule has 27 heavy (non-hydrogen) atoms. The first kappa shape index (κ1) is 19.8. The highest BCUT2D eigenvalue weighted by atomic mass is 16.5. The molecule has 146 valence electrons. The number of hydrogen-bond donors (Lipinski definition) is 1. The van der Waals surface area contributed by atoms with Crippen LogP contribution in [0, 0.1) is 0 Å². The van der Waals surface area contributed by atoms with Gasteiger partial charge in [-0.2, -0.15) is 0 Å². The van der Waals surface area contributed by atoms with E-state index >= 15 is 0 Å². The maximum Gasteiger partial charge on any atom is 0.128 e. The summed E-state index contributed by atoms with van der Waals surface area (Å²) < 4.78 is 5.14. The van der Waals surface area contributed by atoms with Gasteiger partial charge in [0.2, 0.25) is 0 Å². The van der Waals surface area contributed by atoms with Crippen LogP contribution in [0.15, 0.2) is 48.7 Å². The molecule has 1 aromatic heterocycles. The van der Waals surface area contributed by atoms with Crippen molar-refractivity contribution in [2.75, 3.05) is 51.8 Å². The summed E-state index contributed by atoms with van der Waals surface area (Å²) in [6.07, 6.45) is 4.62. The Morgan fingerprint density at radius 1 is 1.15 bits per heavy atom. The van der Waals surface area contributed by atoms with Crippen LogP contribution in [0.2, 0.25) is 0 Å². The molecule has 5 heteroatoms. The van der Waals surface area contributed by atoms with Crippen molar-refractivity contribution in [2.45, 2.75) is 25.4 Å². The molecule has 0 amide bonds. The Morgan fingerprint density at radius 3 is 2.59 bits per heavy atom. The van der Waals surface area contributed by atoms with Gasteiger partial charge in [0, 0.05) is 46.0 Å². The van der Waals surface area contributed by atoms with E-state index in [2.05, 4.69) is 62.6 Å². The standard InChI is InChI=1S/C22H32N4O/c1-25(14-15-27-2)22-11-10-19(17-24-22)16-23-21(18-26-12-6-7-13-26)20-8-4-3-5-9-20/h3-5,8-11,17,21,23H,6-7,12-16,18H2,1-2H3/t21-/m0/s1. The van der Waals surface area contributed by atoms with Gasteiger partial charge >= 0.3 is 0 Å². The van der Waals surface area contributed by atoms with E-state index < -0.39 is 0 Å². The second kappa shape index (κ2) is 10.4. The highest BCUT2D eigenvalue weighted by Crippen LogP contribution is 2.18. The van der Waals surface area contributed by atoms with Crippen molar-refractivity contribution in [2.24, 2.45) is 0 Å². The second-order valence-electron chi connectivity index (χ2n) is 7.29. The molecule has 1 atom stereocenters. The molecule has 2 aromatic rings. The summed E-state index contributed by atoms with van der Waals surface area (Å²) in [5.74, 6) is 0.979. The number of nitrogens with zero attached hydrogens (tertiary/aromatic N) is 3. The molecule has 0 saturated carbocycles. The summed E-state index contributed by atoms with van der Waals surface area (Å²) in [5, 5.41) is 3.75. The van der Waals surface area contributed by atoms with Crippen LogP contribution < -0.4 is 10.2 Å². The van der Waals surface area contributed by atoms with E-state index in [0.717, 1.165) is 25.5 Å². The lowest BCUT2D eigenvalue weighted by Crippen LogP contribution is -2.33. The molecule has 1 aliphatic rings. The molecular weight excluding hydrogens is 336 g/mol. The van der Waals surface area contributed by atoms with E-state index in [1.807, 2.05) is 13.2 Å². The summed E-state index contributed by atoms with van der Waals surface area (Å²) in [6.45, 7) is 5.87. The van der Waals surface area contributed by atoms with Gasteiger partial charge in [0.15, 0.2) is 0 Å². The molecule has 0 spiro atoms. The first-order valence-corrected chi connectivity index (χ1v) is 9.92. The minimum atomic E-state index is 0.341. The lowest BCUT2D eigenvalue weighted by molar-refractivity contribution is 0.206. The van der Waals surface area contributed by atoms with Gasteiger partial charge in [0.1, 0.15) is 5.82 Å². The Balaban J connectivity index is 1.59. The van der Waals surface area contributed by atoms with E-state index in [4.69, 9.17) is 4.74 Å². The van der Waals surface area contributed by atoms with E-state index in [1.54, 1.807) is 7.11 Å². The Morgan fingerprint density at radius 2 is 1.93 bits per heavy atom. The van der Waals surface area contributed by atoms with Gasteiger partial charge in [0.25, 0.3) is 0 Å². The summed E-state index contributed by atoms with van der Waals surface area (Å²) in [5.41, 5.74) is 2.56. The lowest BCUT2D eigenvalue weighted by Gasteiger charge is -2.25. The summed E-state index contributed by atoms with van der Waals surface area (Å²) in [6, 6.07) is 15.4. The molecular formula is C22H32N4O. The van der Waals surface area contributed by atoms with Gasteiger partial charge in [-0.05, 0) is 43.1 Å². The first-order valence-electron chi connectivity index (χ1n) is 9.92. The maximum absolute atomic E-state index is 5.14. The van der Waals surface area contributed by atoms with Crippen molar-refractivity contribution in [1.82, 2.24) is 15.2 Å². The van der Waals surface area contributed by atoms with Crippen LogP contribution in [-0.2, 0) is 11.3 Å². The molecule has 2 heterocycles. The number of pyridine rings is 1. The average Bonchev–Trinajstić information content (AvgIpc) is 3.23. The van der Waals surface area contributed by atoms with Gasteiger partial charge in [0.05, 0.1) is 6.61 Å². The minimum Gasteiger partial charge on any atom is -0.383 e. The number of aromatic nitrogens is 1. The maximum atomic E-state index is 5.14. The number of nitrogens with one attached hydrogen (secondary N) is 1. The van der Waals surface area contributed by atoms with Crippen molar-refractivity contribution in [3.63, 3.8) is 0 Å². The number of likely N-dealkylation sites (N-methyl/N-ethyl adjacent to an activating group) is 1. The van der Waals surface area contributed by atoms with Crippen molar-refractivity contribution in [3.05, 3.63) is 59.8 Å². The van der Waals surface area contributed by atoms with Crippen molar-refractivity contribution >= 4 is 5.82 Å². The topological polar surface area (TPSA) is 40.6 Å². The zero-order valence-electron chi connectivity index (χ0n) is 16.6. The van der Waals surface area contributed by atoms with Crippen molar-refractivity contribution < 1.29 is 4.74 Å². The van der Waals surface area contributed by atoms with E-state index in [-0.39, 0.29) is 0 Å². The third-order valence-electron chi connectivity index (χ3n) is 5.23. The zero-order valence-corrected chi connectivity index (χ0v) is 16.6. The van der Waals surface area contributed by atoms with Gasteiger partial charge in [-0.3, -0.25) is 0 Å². The van der Waals surface area contributed by atoms with Crippen LogP contribution >= 0.6 is 0 Å². The van der Waals surface area contributed by atoms with Gasteiger partial charge in [-0.1, -0.05) is 36.4 Å². The van der Waals surface area contributed by atoms with Crippen LogP contribution in [0.1, 0.15) is 30.0 Å². The van der Waals surface area contributed by atoms with E-state index in [0.29, 0.717) is 12.6 Å². The average molecular weight is 369 g/mol. The van der Waals surface area contributed by atoms with E-state index in [1.165, 1.54) is 37.1 Å². The smallest absolute Gasteiger partial charge is 0.128 e. The molecule has 1 aliphatic heterocycles. The van der Waals surface area contributed by atoms with Crippen molar-refractivity contribution in [1.29, 1.82) is 0 Å². The highest BCUT2D eigenvalue weighted by molar-refractivity contribution is 5.38. The molecule has 0 unspecified atom stereocenters. The van der Waals surface area contributed by atoms with Crippen molar-refractivity contribution in [3.8, 4) is 0 Å². The van der Waals surface area contributed by atoms with Gasteiger partial charge < -0.3 is 19.9 Å². The third-order valence-corrected chi connectivity index (χ3v) is 5.23. The Hall–Kier alpha value is -1.95. The number of rotatable bonds is 10. The molecule has 3 rings (SSSR count). The Bertz CT molecular complexity index is 656. The molecule has 0 aliphatic carbocycles. The first-order chi connectivity index (χ1) is 13.3. The third kappa shape index (κ3) is 6.03. The number of methoxy groups -OCH3 is 1. The SMILES string of the molecule is COCCN(C)c1ccc(CN[C@@H](CN2CCCC2)c2ccccc2)cn1. The predicted octanol–water partition coefficient (Wildman–Crippen LogP) is 3.09. The second-order valence-corrected chi connectivity index (χ2v) is 7.29. The van der Waals surface area contributed by atoms with Gasteiger partial charge in [-0.15, -0.1) is 0 Å². The van der Waals surface area contributed by atoms with Crippen LogP contribution in [0.25, 0.3) is 0 Å². The number of hydrogen-bond acceptors (Lipinski definition) is 5. The molecule has 1 N–H and O–H groups in total.